The van der Waals surface area contributed by atoms with Gasteiger partial charge in [-0.05, 0) is 19.4 Å². The third kappa shape index (κ3) is 3.17. The number of carbonyl (C=O) groups excluding carboxylic acids is 1. The standard InChI is InChI=1S/C12H17NO2S/c1-8-4-9(2)12(15-3)10(5-8)6-13-11(14)7-16/h4-5,16H,6-7H2,1-3H3,(H,13,14). The van der Waals surface area contributed by atoms with Gasteiger partial charge < -0.3 is 10.1 Å². The molecule has 0 aromatic heterocycles. The van der Waals surface area contributed by atoms with Gasteiger partial charge in [-0.15, -0.1) is 0 Å². The molecule has 16 heavy (non-hydrogen) atoms. The number of ether oxygens (including phenoxy) is 1. The average molecular weight is 239 g/mol. The Morgan fingerprint density at radius 2 is 2.12 bits per heavy atom. The first kappa shape index (κ1) is 12.9. The highest BCUT2D eigenvalue weighted by molar-refractivity contribution is 7.81. The molecule has 0 unspecified atom stereocenters. The first-order valence-corrected chi connectivity index (χ1v) is 5.73. The number of rotatable bonds is 4. The number of hydrogen-bond acceptors (Lipinski definition) is 3. The number of aryl methyl sites for hydroxylation is 2. The molecule has 0 saturated heterocycles. The molecule has 0 bridgehead atoms. The van der Waals surface area contributed by atoms with E-state index in [0.717, 1.165) is 22.4 Å². The summed E-state index contributed by atoms with van der Waals surface area (Å²) in [7, 11) is 1.64. The molecule has 0 aliphatic heterocycles. The fourth-order valence-electron chi connectivity index (χ4n) is 1.72. The molecule has 3 nitrogen and oxygen atoms in total. The summed E-state index contributed by atoms with van der Waals surface area (Å²) in [5, 5.41) is 2.78. The Morgan fingerprint density at radius 3 is 2.69 bits per heavy atom. The molecule has 1 N–H and O–H groups in total. The van der Waals surface area contributed by atoms with E-state index in [1.807, 2.05) is 19.9 Å². The largest absolute Gasteiger partial charge is 0.496 e. The number of amides is 1. The first-order valence-electron chi connectivity index (χ1n) is 5.10. The van der Waals surface area contributed by atoms with Gasteiger partial charge in [0.15, 0.2) is 0 Å². The molecule has 1 aromatic carbocycles. The smallest absolute Gasteiger partial charge is 0.229 e. The van der Waals surface area contributed by atoms with Crippen LogP contribution in [0.2, 0.25) is 0 Å². The molecule has 0 saturated carbocycles. The maximum absolute atomic E-state index is 11.1. The minimum absolute atomic E-state index is 0.0791. The fraction of sp³-hybridized carbons (Fsp3) is 0.417. The van der Waals surface area contributed by atoms with Crippen molar-refractivity contribution in [3.8, 4) is 5.75 Å². The number of benzene rings is 1. The third-order valence-electron chi connectivity index (χ3n) is 2.32. The van der Waals surface area contributed by atoms with Crippen molar-refractivity contribution in [2.75, 3.05) is 12.9 Å². The molecule has 1 rings (SSSR count). The maximum atomic E-state index is 11.1. The maximum Gasteiger partial charge on any atom is 0.229 e. The normalized spacial score (nSPS) is 10.0. The van der Waals surface area contributed by atoms with Gasteiger partial charge in [-0.3, -0.25) is 4.79 Å². The van der Waals surface area contributed by atoms with Crippen LogP contribution in [0.3, 0.4) is 0 Å². The molecule has 0 radical (unpaired) electrons. The van der Waals surface area contributed by atoms with E-state index < -0.39 is 0 Å². The van der Waals surface area contributed by atoms with Crippen molar-refractivity contribution in [3.05, 3.63) is 28.8 Å². The van der Waals surface area contributed by atoms with E-state index in [4.69, 9.17) is 4.74 Å². The zero-order valence-corrected chi connectivity index (χ0v) is 10.7. The molecule has 0 heterocycles. The number of thiol groups is 1. The van der Waals surface area contributed by atoms with Gasteiger partial charge in [-0.1, -0.05) is 17.7 Å². The van der Waals surface area contributed by atoms with Crippen molar-refractivity contribution in [1.82, 2.24) is 5.32 Å². The zero-order chi connectivity index (χ0) is 12.1. The molecule has 88 valence electrons. The van der Waals surface area contributed by atoms with Crippen LogP contribution in [0.25, 0.3) is 0 Å². The van der Waals surface area contributed by atoms with E-state index in [0.29, 0.717) is 6.54 Å². The Morgan fingerprint density at radius 1 is 1.44 bits per heavy atom. The second-order valence-electron chi connectivity index (χ2n) is 3.71. The summed E-state index contributed by atoms with van der Waals surface area (Å²) in [5.41, 5.74) is 3.24. The minimum atomic E-state index is -0.0791. The van der Waals surface area contributed by atoms with Gasteiger partial charge in [0.1, 0.15) is 5.75 Å². The number of methoxy groups -OCH3 is 1. The van der Waals surface area contributed by atoms with Gasteiger partial charge in [0, 0.05) is 12.1 Å². The van der Waals surface area contributed by atoms with Crippen LogP contribution < -0.4 is 10.1 Å². The van der Waals surface area contributed by atoms with E-state index in [1.54, 1.807) is 7.11 Å². The lowest BCUT2D eigenvalue weighted by atomic mass is 10.1. The van der Waals surface area contributed by atoms with Crippen LogP contribution in [0.1, 0.15) is 16.7 Å². The molecule has 1 aromatic rings. The monoisotopic (exact) mass is 239 g/mol. The van der Waals surface area contributed by atoms with Crippen LogP contribution in [0.15, 0.2) is 12.1 Å². The molecular weight excluding hydrogens is 222 g/mol. The molecule has 0 spiro atoms. The Labute approximate surface area is 102 Å². The predicted molar refractivity (Wildman–Crippen MR) is 68.2 cm³/mol. The SMILES string of the molecule is COc1c(C)cc(C)cc1CNC(=O)CS. The molecule has 1 amide bonds. The number of hydrogen-bond donors (Lipinski definition) is 2. The summed E-state index contributed by atoms with van der Waals surface area (Å²) in [4.78, 5) is 11.1. The second kappa shape index (κ2) is 5.80. The Balaban J connectivity index is 2.89. The van der Waals surface area contributed by atoms with Crippen LogP contribution in [-0.4, -0.2) is 18.8 Å². The van der Waals surface area contributed by atoms with E-state index in [9.17, 15) is 4.79 Å². The van der Waals surface area contributed by atoms with Crippen molar-refractivity contribution in [1.29, 1.82) is 0 Å². The highest BCUT2D eigenvalue weighted by Crippen LogP contribution is 2.24. The van der Waals surface area contributed by atoms with Gasteiger partial charge in [0.2, 0.25) is 5.91 Å². The van der Waals surface area contributed by atoms with Crippen LogP contribution in [0, 0.1) is 13.8 Å². The molecular formula is C12H17NO2S. The van der Waals surface area contributed by atoms with Gasteiger partial charge in [-0.25, -0.2) is 0 Å². The van der Waals surface area contributed by atoms with Gasteiger partial charge in [-0.2, -0.15) is 12.6 Å². The Bertz CT molecular complexity index is 391. The molecule has 0 aliphatic carbocycles. The summed E-state index contributed by atoms with van der Waals surface area (Å²) >= 11 is 3.91. The lowest BCUT2D eigenvalue weighted by molar-refractivity contribution is -0.118. The molecule has 4 heteroatoms. The third-order valence-corrected chi connectivity index (χ3v) is 2.61. The Hall–Kier alpha value is -1.16. The van der Waals surface area contributed by atoms with Crippen LogP contribution in [-0.2, 0) is 11.3 Å². The average Bonchev–Trinajstić information content (AvgIpc) is 2.25. The highest BCUT2D eigenvalue weighted by Gasteiger charge is 2.08. The van der Waals surface area contributed by atoms with Crippen molar-refractivity contribution >= 4 is 18.5 Å². The van der Waals surface area contributed by atoms with Gasteiger partial charge in [0.05, 0.1) is 12.9 Å². The van der Waals surface area contributed by atoms with E-state index in [1.165, 1.54) is 0 Å². The fourth-order valence-corrected chi connectivity index (χ4v) is 1.83. The van der Waals surface area contributed by atoms with E-state index in [2.05, 4.69) is 24.0 Å². The van der Waals surface area contributed by atoms with E-state index >= 15 is 0 Å². The summed E-state index contributed by atoms with van der Waals surface area (Å²) in [5.74, 6) is 0.960. The van der Waals surface area contributed by atoms with Crippen LogP contribution in [0.5, 0.6) is 5.75 Å². The minimum Gasteiger partial charge on any atom is -0.496 e. The second-order valence-corrected chi connectivity index (χ2v) is 4.03. The lowest BCUT2D eigenvalue weighted by Crippen LogP contribution is -2.24. The van der Waals surface area contributed by atoms with Crippen molar-refractivity contribution in [2.24, 2.45) is 0 Å². The van der Waals surface area contributed by atoms with E-state index in [-0.39, 0.29) is 11.7 Å². The quantitative estimate of drug-likeness (QED) is 0.787. The van der Waals surface area contributed by atoms with Gasteiger partial charge in [0.25, 0.3) is 0 Å². The summed E-state index contributed by atoms with van der Waals surface area (Å²) < 4.78 is 5.33. The van der Waals surface area contributed by atoms with Gasteiger partial charge >= 0.3 is 0 Å². The first-order chi connectivity index (χ1) is 7.58. The molecule has 0 aliphatic rings. The lowest BCUT2D eigenvalue weighted by Gasteiger charge is -2.13. The predicted octanol–water partition coefficient (Wildman–Crippen LogP) is 1.86. The van der Waals surface area contributed by atoms with Crippen LogP contribution in [0.4, 0.5) is 0 Å². The number of nitrogens with one attached hydrogen (secondary N) is 1. The summed E-state index contributed by atoms with van der Waals surface area (Å²) in [6.07, 6.45) is 0. The summed E-state index contributed by atoms with van der Waals surface area (Å²) in [6.45, 7) is 4.50. The summed E-state index contributed by atoms with van der Waals surface area (Å²) in [6, 6.07) is 4.08. The van der Waals surface area contributed by atoms with Crippen molar-refractivity contribution in [3.63, 3.8) is 0 Å². The van der Waals surface area contributed by atoms with Crippen molar-refractivity contribution in [2.45, 2.75) is 20.4 Å². The number of carbonyl (C=O) groups is 1. The van der Waals surface area contributed by atoms with Crippen LogP contribution >= 0.6 is 12.6 Å². The molecule has 0 fully saturated rings. The van der Waals surface area contributed by atoms with Crippen molar-refractivity contribution < 1.29 is 9.53 Å². The topological polar surface area (TPSA) is 38.3 Å². The Kier molecular flexibility index (Phi) is 4.68. The zero-order valence-electron chi connectivity index (χ0n) is 9.83. The highest BCUT2D eigenvalue weighted by atomic mass is 32.1. The molecule has 0 atom stereocenters.